The summed E-state index contributed by atoms with van der Waals surface area (Å²) in [6.07, 6.45) is 5.82. The Morgan fingerprint density at radius 3 is 2.62 bits per heavy atom. The van der Waals surface area contributed by atoms with E-state index in [0.717, 1.165) is 5.69 Å². The van der Waals surface area contributed by atoms with Gasteiger partial charge in [0.25, 0.3) is 0 Å². The van der Waals surface area contributed by atoms with Crippen molar-refractivity contribution in [2.24, 2.45) is 7.05 Å². The Balaban J connectivity index is 2.03. The second-order valence-electron chi connectivity index (χ2n) is 6.93. The first kappa shape index (κ1) is 15.4. The van der Waals surface area contributed by atoms with E-state index in [2.05, 4.69) is 73.8 Å². The van der Waals surface area contributed by atoms with Crippen LogP contribution in [0.3, 0.4) is 0 Å². The molecule has 1 aromatic heterocycles. The summed E-state index contributed by atoms with van der Waals surface area (Å²) >= 11 is 1.89. The molecule has 0 spiro atoms. The lowest BCUT2D eigenvalue weighted by molar-refractivity contribution is -0.661. The van der Waals surface area contributed by atoms with Crippen molar-refractivity contribution in [1.82, 2.24) is 4.98 Å². The quantitative estimate of drug-likeness (QED) is 0.602. The number of fused-ring (bicyclic) bond motifs is 2. The number of benzene rings is 2. The van der Waals surface area contributed by atoms with Gasteiger partial charge in [-0.1, -0.05) is 55.9 Å². The highest BCUT2D eigenvalue weighted by Gasteiger charge is 2.35. The van der Waals surface area contributed by atoms with Crippen LogP contribution in [0.1, 0.15) is 30.5 Å². The highest BCUT2D eigenvalue weighted by Crippen LogP contribution is 2.52. The molecule has 0 radical (unpaired) electrons. The van der Waals surface area contributed by atoms with Crippen molar-refractivity contribution in [2.45, 2.75) is 36.0 Å². The first-order valence-electron chi connectivity index (χ1n) is 8.21. The normalized spacial score (nSPS) is 14.8. The summed E-state index contributed by atoms with van der Waals surface area (Å²) in [6.45, 7) is 6.84. The van der Waals surface area contributed by atoms with Gasteiger partial charge >= 0.3 is 0 Å². The number of aryl methyl sites for hydroxylation is 2. The van der Waals surface area contributed by atoms with Crippen LogP contribution in [-0.2, 0) is 12.5 Å². The highest BCUT2D eigenvalue weighted by molar-refractivity contribution is 7.99. The monoisotopic (exact) mass is 333 g/mol. The zero-order chi connectivity index (χ0) is 16.9. The molecule has 0 amide bonds. The molecule has 0 fully saturated rings. The van der Waals surface area contributed by atoms with E-state index in [1.165, 1.54) is 32.0 Å². The minimum Gasteiger partial charge on any atom is -0.252 e. The molecule has 3 heteroatoms. The summed E-state index contributed by atoms with van der Waals surface area (Å²) in [5.41, 5.74) is 6.56. The summed E-state index contributed by atoms with van der Waals surface area (Å²) < 4.78 is 2.16. The molecule has 24 heavy (non-hydrogen) atoms. The van der Waals surface area contributed by atoms with Gasteiger partial charge in [-0.15, -0.1) is 0 Å². The van der Waals surface area contributed by atoms with Gasteiger partial charge in [0.1, 0.15) is 7.05 Å². The lowest BCUT2D eigenvalue weighted by atomic mass is 9.76. The molecule has 0 unspecified atom stereocenters. The largest absolute Gasteiger partial charge is 0.252 e. The van der Waals surface area contributed by atoms with Crippen molar-refractivity contribution in [1.29, 1.82) is 0 Å². The molecule has 0 aliphatic carbocycles. The first-order valence-corrected chi connectivity index (χ1v) is 9.03. The van der Waals surface area contributed by atoms with Gasteiger partial charge < -0.3 is 0 Å². The van der Waals surface area contributed by atoms with E-state index < -0.39 is 0 Å². The van der Waals surface area contributed by atoms with Crippen molar-refractivity contribution in [3.8, 4) is 11.3 Å². The lowest BCUT2D eigenvalue weighted by Gasteiger charge is -2.35. The van der Waals surface area contributed by atoms with Gasteiger partial charge in [0.05, 0.1) is 18.0 Å². The second-order valence-corrected chi connectivity index (χ2v) is 7.98. The topological polar surface area (TPSA) is 16.8 Å². The SMILES string of the molecule is Cc1ccc2c(c1-c1cncc[n+]1C)Sc1ccccc1C2(C)C. The molecule has 0 atom stereocenters. The van der Waals surface area contributed by atoms with Gasteiger partial charge in [-0.25, -0.2) is 0 Å². The van der Waals surface area contributed by atoms with E-state index in [1.807, 2.05) is 30.4 Å². The van der Waals surface area contributed by atoms with Gasteiger partial charge in [0.15, 0.2) is 6.20 Å². The van der Waals surface area contributed by atoms with Crippen molar-refractivity contribution >= 4 is 11.8 Å². The minimum absolute atomic E-state index is 0.000404. The van der Waals surface area contributed by atoms with Gasteiger partial charge in [0, 0.05) is 15.2 Å². The predicted octanol–water partition coefficient (Wildman–Crippen LogP) is 4.67. The van der Waals surface area contributed by atoms with Gasteiger partial charge in [-0.05, 0) is 29.7 Å². The Bertz CT molecular complexity index is 944. The van der Waals surface area contributed by atoms with Crippen molar-refractivity contribution < 1.29 is 4.57 Å². The summed E-state index contributed by atoms with van der Waals surface area (Å²) in [7, 11) is 2.09. The Kier molecular flexibility index (Phi) is 3.50. The average molecular weight is 333 g/mol. The third-order valence-corrected chi connectivity index (χ3v) is 6.23. The molecule has 2 nitrogen and oxygen atoms in total. The Morgan fingerprint density at radius 1 is 1.04 bits per heavy atom. The van der Waals surface area contributed by atoms with E-state index in [0.29, 0.717) is 0 Å². The molecule has 1 aliphatic heterocycles. The standard InChI is InChI=1S/C21H21N2S/c1-14-9-10-16-20(19(14)17-13-22-11-12-23(17)4)24-18-8-6-5-7-15(18)21(16,2)3/h5-13H,1-4H3/q+1. The smallest absolute Gasteiger partial charge is 0.232 e. The fraction of sp³-hybridized carbons (Fsp3) is 0.238. The molecule has 0 bridgehead atoms. The summed E-state index contributed by atoms with van der Waals surface area (Å²) in [4.78, 5) is 7.08. The summed E-state index contributed by atoms with van der Waals surface area (Å²) in [6, 6.07) is 13.3. The van der Waals surface area contributed by atoms with E-state index in [1.54, 1.807) is 0 Å². The Hall–Kier alpha value is -2.13. The number of hydrogen-bond acceptors (Lipinski definition) is 2. The molecule has 4 rings (SSSR count). The zero-order valence-corrected chi connectivity index (χ0v) is 15.3. The van der Waals surface area contributed by atoms with Crippen LogP contribution in [0.4, 0.5) is 0 Å². The van der Waals surface area contributed by atoms with Crippen molar-refractivity contribution in [2.75, 3.05) is 0 Å². The number of aromatic nitrogens is 2. The second kappa shape index (κ2) is 5.45. The van der Waals surface area contributed by atoms with Crippen LogP contribution < -0.4 is 4.57 Å². The molecule has 1 aliphatic rings. The van der Waals surface area contributed by atoms with Crippen LogP contribution in [-0.4, -0.2) is 4.98 Å². The summed E-state index contributed by atoms with van der Waals surface area (Å²) in [5.74, 6) is 0. The summed E-state index contributed by atoms with van der Waals surface area (Å²) in [5, 5.41) is 0. The van der Waals surface area contributed by atoms with E-state index in [-0.39, 0.29) is 5.41 Å². The van der Waals surface area contributed by atoms with Crippen LogP contribution >= 0.6 is 11.8 Å². The third-order valence-electron chi connectivity index (χ3n) is 5.02. The molecular weight excluding hydrogens is 312 g/mol. The minimum atomic E-state index is 0.000404. The predicted molar refractivity (Wildman–Crippen MR) is 98.3 cm³/mol. The average Bonchev–Trinajstić information content (AvgIpc) is 2.56. The van der Waals surface area contributed by atoms with Crippen LogP contribution in [0.2, 0.25) is 0 Å². The fourth-order valence-corrected chi connectivity index (χ4v) is 5.19. The molecule has 2 aromatic carbocycles. The van der Waals surface area contributed by atoms with Crippen LogP contribution in [0.25, 0.3) is 11.3 Å². The molecule has 3 aromatic rings. The number of hydrogen-bond donors (Lipinski definition) is 0. The highest BCUT2D eigenvalue weighted by atomic mass is 32.2. The van der Waals surface area contributed by atoms with Gasteiger partial charge in [0.2, 0.25) is 5.69 Å². The maximum absolute atomic E-state index is 4.36. The zero-order valence-electron chi connectivity index (χ0n) is 14.5. The van der Waals surface area contributed by atoms with E-state index >= 15 is 0 Å². The van der Waals surface area contributed by atoms with Crippen LogP contribution in [0.5, 0.6) is 0 Å². The van der Waals surface area contributed by atoms with Gasteiger partial charge in [-0.3, -0.25) is 4.98 Å². The van der Waals surface area contributed by atoms with E-state index in [9.17, 15) is 0 Å². The third kappa shape index (κ3) is 2.19. The fourth-order valence-electron chi connectivity index (χ4n) is 3.59. The Labute approximate surface area is 147 Å². The molecule has 0 saturated carbocycles. The van der Waals surface area contributed by atoms with Crippen molar-refractivity contribution in [3.63, 3.8) is 0 Å². The molecule has 0 saturated heterocycles. The number of nitrogens with zero attached hydrogens (tertiary/aromatic N) is 2. The maximum Gasteiger partial charge on any atom is 0.232 e. The molecule has 2 heterocycles. The Morgan fingerprint density at radius 2 is 1.83 bits per heavy atom. The molecular formula is C21H21N2S+. The van der Waals surface area contributed by atoms with Crippen LogP contribution in [0.15, 0.2) is 64.8 Å². The van der Waals surface area contributed by atoms with Gasteiger partial charge in [-0.2, -0.15) is 4.57 Å². The first-order chi connectivity index (χ1) is 11.5. The molecule has 120 valence electrons. The van der Waals surface area contributed by atoms with Crippen molar-refractivity contribution in [3.05, 3.63) is 71.7 Å². The van der Waals surface area contributed by atoms with E-state index in [4.69, 9.17) is 0 Å². The molecule has 0 N–H and O–H groups in total. The van der Waals surface area contributed by atoms with Crippen LogP contribution in [0, 0.1) is 6.92 Å². The number of rotatable bonds is 1. The maximum atomic E-state index is 4.36. The lowest BCUT2D eigenvalue weighted by Crippen LogP contribution is -2.31.